The van der Waals surface area contributed by atoms with Crippen molar-refractivity contribution >= 4 is 23.2 Å². The second-order valence-electron chi connectivity index (χ2n) is 11.4. The van der Waals surface area contributed by atoms with E-state index < -0.39 is 18.8 Å². The molecule has 244 valence electrons. The molecule has 14 heteroatoms. The number of anilines is 2. The molecule has 2 N–H and O–H groups in total. The number of hydrogen-bond donors (Lipinski definition) is 2. The predicted octanol–water partition coefficient (Wildman–Crippen LogP) is 5.12. The summed E-state index contributed by atoms with van der Waals surface area (Å²) in [5.74, 6) is 1.57. The van der Waals surface area contributed by atoms with E-state index in [1.165, 1.54) is 0 Å². The number of rotatable bonds is 9. The summed E-state index contributed by atoms with van der Waals surface area (Å²) in [5.41, 5.74) is 4.25. The topological polar surface area (TPSA) is 109 Å². The zero-order valence-corrected chi connectivity index (χ0v) is 25.6. The predicted molar refractivity (Wildman–Crippen MR) is 168 cm³/mol. The van der Waals surface area contributed by atoms with Crippen LogP contribution < -0.4 is 15.5 Å². The fourth-order valence-corrected chi connectivity index (χ4v) is 5.68. The summed E-state index contributed by atoms with van der Waals surface area (Å²) in [7, 11) is 0. The van der Waals surface area contributed by atoms with Gasteiger partial charge in [-0.2, -0.15) is 13.2 Å². The van der Waals surface area contributed by atoms with Gasteiger partial charge in [0.25, 0.3) is 0 Å². The molecule has 2 aliphatic heterocycles. The van der Waals surface area contributed by atoms with Crippen LogP contribution in [0.5, 0.6) is 0 Å². The number of fused-ring (bicyclic) bond motifs is 1. The van der Waals surface area contributed by atoms with Crippen molar-refractivity contribution in [2.45, 2.75) is 38.7 Å². The Morgan fingerprint density at radius 1 is 1.07 bits per heavy atom. The molecule has 4 aromatic rings. The van der Waals surface area contributed by atoms with Crippen molar-refractivity contribution in [1.29, 1.82) is 0 Å². The summed E-state index contributed by atoms with van der Waals surface area (Å²) in [5, 5.41) is 4.25. The average molecular weight is 639 g/mol. The number of ether oxygens (including phenoxy) is 2. The van der Waals surface area contributed by atoms with Gasteiger partial charge < -0.3 is 25.0 Å². The number of carbonyl (C=O) groups excluding carboxylic acids is 1. The molecule has 0 saturated carbocycles. The first kappa shape index (κ1) is 31.7. The number of alkyl halides is 3. The average Bonchev–Trinajstić information content (AvgIpc) is 3.48. The lowest BCUT2D eigenvalue weighted by molar-refractivity contribution is -0.164. The molecule has 2 fully saturated rings. The van der Waals surface area contributed by atoms with Gasteiger partial charge in [-0.1, -0.05) is 12.1 Å². The van der Waals surface area contributed by atoms with Crippen LogP contribution in [0.3, 0.4) is 0 Å². The highest BCUT2D eigenvalue weighted by atomic mass is 19.4. The highest BCUT2D eigenvalue weighted by Crippen LogP contribution is 2.28. The maximum atomic E-state index is 12.4. The van der Waals surface area contributed by atoms with Crippen LogP contribution in [0.25, 0.3) is 28.2 Å². The molecule has 0 radical (unpaired) electrons. The van der Waals surface area contributed by atoms with Gasteiger partial charge in [0.05, 0.1) is 24.2 Å². The Hall–Kier alpha value is -4.27. The van der Waals surface area contributed by atoms with Crippen LogP contribution in [0, 0.1) is 6.92 Å². The van der Waals surface area contributed by atoms with E-state index in [-0.39, 0.29) is 6.29 Å². The van der Waals surface area contributed by atoms with Gasteiger partial charge in [0.1, 0.15) is 23.8 Å². The maximum absolute atomic E-state index is 12.4. The fraction of sp³-hybridized carbons (Fsp3) is 0.438. The molecule has 2 saturated heterocycles. The summed E-state index contributed by atoms with van der Waals surface area (Å²) in [6, 6.07) is 11.8. The smallest absolute Gasteiger partial charge is 0.354 e. The second-order valence-corrected chi connectivity index (χ2v) is 11.4. The Morgan fingerprint density at radius 3 is 2.70 bits per heavy atom. The van der Waals surface area contributed by atoms with E-state index in [9.17, 15) is 18.0 Å². The van der Waals surface area contributed by atoms with Gasteiger partial charge in [-0.3, -0.25) is 9.30 Å². The molecule has 5 heterocycles. The zero-order valence-electron chi connectivity index (χ0n) is 25.6. The summed E-state index contributed by atoms with van der Waals surface area (Å²) in [6.45, 7) is 6.38. The van der Waals surface area contributed by atoms with Crippen LogP contribution >= 0.6 is 0 Å². The van der Waals surface area contributed by atoms with Crippen molar-refractivity contribution < 1.29 is 27.4 Å². The van der Waals surface area contributed by atoms with Crippen molar-refractivity contribution in [3.05, 3.63) is 60.7 Å². The molecule has 46 heavy (non-hydrogen) atoms. The number of urea groups is 1. The van der Waals surface area contributed by atoms with Gasteiger partial charge in [-0.05, 0) is 50.5 Å². The van der Waals surface area contributed by atoms with Gasteiger partial charge in [-0.15, -0.1) is 0 Å². The number of halogens is 3. The number of aromatic nitrogens is 4. The van der Waals surface area contributed by atoms with Crippen LogP contribution in [-0.2, 0) is 9.47 Å². The number of nitrogens with zero attached hydrogens (tertiary/aromatic N) is 6. The highest BCUT2D eigenvalue weighted by Gasteiger charge is 2.27. The van der Waals surface area contributed by atoms with E-state index in [2.05, 4.69) is 20.1 Å². The fourth-order valence-electron chi connectivity index (χ4n) is 5.68. The summed E-state index contributed by atoms with van der Waals surface area (Å²) in [4.78, 5) is 30.7. The van der Waals surface area contributed by atoms with E-state index in [1.807, 2.05) is 47.1 Å². The van der Waals surface area contributed by atoms with Crippen LogP contribution in [0.4, 0.5) is 29.5 Å². The molecule has 3 aromatic heterocycles. The molecular weight excluding hydrogens is 601 g/mol. The molecule has 1 unspecified atom stereocenters. The quantitative estimate of drug-likeness (QED) is 0.260. The number of aryl methyl sites for hydroxylation is 1. The number of benzene rings is 1. The molecule has 6 rings (SSSR count). The molecule has 0 aliphatic carbocycles. The lowest BCUT2D eigenvalue weighted by Crippen LogP contribution is -2.47. The SMILES string of the molecule is Cc1nc(-c2ccn3c(-c4cccc(NC(=O)NCC(F)(F)F)c4)cnc3c2)cc(N2CCN(CCOC3CCCCO3)CC2)n1. The first-order chi connectivity index (χ1) is 22.2. The number of imidazole rings is 1. The Bertz CT molecular complexity index is 1650. The number of carbonyl (C=O) groups is 1. The number of piperazine rings is 1. The highest BCUT2D eigenvalue weighted by molar-refractivity contribution is 5.90. The van der Waals surface area contributed by atoms with Crippen LogP contribution in [0.1, 0.15) is 25.1 Å². The molecule has 2 amide bonds. The van der Waals surface area contributed by atoms with Crippen molar-refractivity contribution in [3.63, 3.8) is 0 Å². The Morgan fingerprint density at radius 2 is 1.91 bits per heavy atom. The Kier molecular flexibility index (Phi) is 9.66. The minimum absolute atomic E-state index is 0.0596. The summed E-state index contributed by atoms with van der Waals surface area (Å²) >= 11 is 0. The van der Waals surface area contributed by atoms with Gasteiger partial charge in [0, 0.05) is 68.4 Å². The standard InChI is InChI=1S/C32H37F3N8O3/c1-22-38-26(19-29(39-22)42-12-10-41(11-13-42)14-16-46-30-7-2-3-15-45-30)23-8-9-43-27(20-36-28(43)18-23)24-5-4-6-25(17-24)40-31(44)37-21-32(33,34)35/h4-6,8-9,17-20,30H,2-3,7,10-16,21H2,1H3,(H2,37,40,44). The zero-order chi connectivity index (χ0) is 32.1. The van der Waals surface area contributed by atoms with E-state index in [0.29, 0.717) is 23.8 Å². The van der Waals surface area contributed by atoms with Crippen LogP contribution in [0.15, 0.2) is 54.9 Å². The molecule has 1 aromatic carbocycles. The molecule has 2 aliphatic rings. The number of pyridine rings is 1. The van der Waals surface area contributed by atoms with Crippen molar-refractivity contribution in [3.8, 4) is 22.5 Å². The molecule has 11 nitrogen and oxygen atoms in total. The molecule has 0 bridgehead atoms. The van der Waals surface area contributed by atoms with Gasteiger partial charge in [0.15, 0.2) is 6.29 Å². The Balaban J connectivity index is 1.10. The third-order valence-corrected chi connectivity index (χ3v) is 8.04. The first-order valence-electron chi connectivity index (χ1n) is 15.5. The number of nitrogens with one attached hydrogen (secondary N) is 2. The van der Waals surface area contributed by atoms with Crippen LogP contribution in [-0.4, -0.2) is 95.2 Å². The van der Waals surface area contributed by atoms with Gasteiger partial charge >= 0.3 is 12.2 Å². The normalized spacial score (nSPS) is 17.7. The first-order valence-corrected chi connectivity index (χ1v) is 15.5. The van der Waals surface area contributed by atoms with Gasteiger partial charge in [0.2, 0.25) is 0 Å². The number of hydrogen-bond acceptors (Lipinski definition) is 8. The van der Waals surface area contributed by atoms with Crippen molar-refractivity contribution in [1.82, 2.24) is 29.6 Å². The largest absolute Gasteiger partial charge is 0.405 e. The monoisotopic (exact) mass is 638 g/mol. The third kappa shape index (κ3) is 8.11. The molecule has 0 spiro atoms. The summed E-state index contributed by atoms with van der Waals surface area (Å²) in [6.07, 6.45) is 2.32. The second kappa shape index (κ2) is 14.0. The summed E-state index contributed by atoms with van der Waals surface area (Å²) < 4.78 is 50.8. The van der Waals surface area contributed by atoms with Crippen molar-refractivity contribution in [2.75, 3.05) is 62.7 Å². The maximum Gasteiger partial charge on any atom is 0.405 e. The third-order valence-electron chi connectivity index (χ3n) is 8.04. The van der Waals surface area contributed by atoms with E-state index in [4.69, 9.17) is 19.4 Å². The molecule has 1 atom stereocenters. The Labute approximate surface area is 264 Å². The lowest BCUT2D eigenvalue weighted by atomic mass is 10.1. The number of amides is 2. The van der Waals surface area contributed by atoms with Gasteiger partial charge in [-0.25, -0.2) is 19.7 Å². The van der Waals surface area contributed by atoms with E-state index in [0.717, 1.165) is 86.9 Å². The van der Waals surface area contributed by atoms with Crippen molar-refractivity contribution in [2.24, 2.45) is 0 Å². The molecular formula is C32H37F3N8O3. The minimum Gasteiger partial charge on any atom is -0.354 e. The van der Waals surface area contributed by atoms with E-state index in [1.54, 1.807) is 24.4 Å². The minimum atomic E-state index is -4.49. The lowest BCUT2D eigenvalue weighted by Gasteiger charge is -2.35. The van der Waals surface area contributed by atoms with E-state index >= 15 is 0 Å². The van der Waals surface area contributed by atoms with Crippen LogP contribution in [0.2, 0.25) is 0 Å².